The standard InChI is InChI=1S/C13H18N2O4/c1-8(2)10-6-9(14-19-10)11(16)15-5-4-13(3,7-15)12(17)18/h6,8H,4-5,7H2,1-3H3,(H,17,18). The highest BCUT2D eigenvalue weighted by Crippen LogP contribution is 2.31. The predicted octanol–water partition coefficient (Wildman–Crippen LogP) is 1.73. The van der Waals surface area contributed by atoms with E-state index in [9.17, 15) is 9.59 Å². The first-order chi connectivity index (χ1) is 8.83. The highest BCUT2D eigenvalue weighted by molar-refractivity contribution is 5.93. The molecule has 104 valence electrons. The van der Waals surface area contributed by atoms with E-state index in [1.165, 1.54) is 4.90 Å². The Balaban J connectivity index is 2.11. The van der Waals surface area contributed by atoms with E-state index in [0.717, 1.165) is 0 Å². The number of amides is 1. The second-order valence-corrected chi connectivity index (χ2v) is 5.61. The van der Waals surface area contributed by atoms with Crippen molar-refractivity contribution >= 4 is 11.9 Å². The van der Waals surface area contributed by atoms with Crippen molar-refractivity contribution in [2.75, 3.05) is 13.1 Å². The number of rotatable bonds is 3. The maximum Gasteiger partial charge on any atom is 0.311 e. The van der Waals surface area contributed by atoms with Crippen molar-refractivity contribution in [2.24, 2.45) is 5.41 Å². The predicted molar refractivity (Wildman–Crippen MR) is 66.9 cm³/mol. The minimum atomic E-state index is -0.870. The van der Waals surface area contributed by atoms with Crippen LogP contribution in [0.2, 0.25) is 0 Å². The zero-order valence-corrected chi connectivity index (χ0v) is 11.3. The molecule has 1 amide bonds. The normalized spacial score (nSPS) is 23.1. The summed E-state index contributed by atoms with van der Waals surface area (Å²) in [5.74, 6) is -0.313. The summed E-state index contributed by atoms with van der Waals surface area (Å²) < 4.78 is 5.09. The van der Waals surface area contributed by atoms with Gasteiger partial charge < -0.3 is 14.5 Å². The smallest absolute Gasteiger partial charge is 0.311 e. The van der Waals surface area contributed by atoms with Crippen LogP contribution in [0.1, 0.15) is 49.4 Å². The Labute approximate surface area is 111 Å². The summed E-state index contributed by atoms with van der Waals surface area (Å²) in [4.78, 5) is 24.9. The monoisotopic (exact) mass is 266 g/mol. The molecule has 0 saturated carbocycles. The first-order valence-corrected chi connectivity index (χ1v) is 6.33. The van der Waals surface area contributed by atoms with Crippen LogP contribution in [0, 0.1) is 5.41 Å². The second kappa shape index (κ2) is 4.68. The molecule has 1 aliphatic rings. The maximum atomic E-state index is 12.2. The molecule has 1 aromatic rings. The Bertz CT molecular complexity index is 508. The molecule has 2 heterocycles. The van der Waals surface area contributed by atoms with Crippen molar-refractivity contribution in [3.05, 3.63) is 17.5 Å². The van der Waals surface area contributed by atoms with E-state index >= 15 is 0 Å². The van der Waals surface area contributed by atoms with Gasteiger partial charge in [-0.15, -0.1) is 0 Å². The molecule has 1 fully saturated rings. The average molecular weight is 266 g/mol. The molecule has 1 saturated heterocycles. The molecule has 1 atom stereocenters. The van der Waals surface area contributed by atoms with Gasteiger partial charge in [0.05, 0.1) is 5.41 Å². The van der Waals surface area contributed by atoms with E-state index in [0.29, 0.717) is 18.7 Å². The first kappa shape index (κ1) is 13.6. The zero-order valence-electron chi connectivity index (χ0n) is 11.3. The first-order valence-electron chi connectivity index (χ1n) is 6.33. The molecule has 1 aromatic heterocycles. The van der Waals surface area contributed by atoms with Gasteiger partial charge in [0.2, 0.25) is 0 Å². The van der Waals surface area contributed by atoms with Crippen LogP contribution in [0.5, 0.6) is 0 Å². The van der Waals surface area contributed by atoms with Crippen molar-refractivity contribution in [1.29, 1.82) is 0 Å². The number of nitrogens with zero attached hydrogens (tertiary/aromatic N) is 2. The van der Waals surface area contributed by atoms with Gasteiger partial charge in [0.25, 0.3) is 5.91 Å². The maximum absolute atomic E-state index is 12.2. The fraction of sp³-hybridized carbons (Fsp3) is 0.615. The quantitative estimate of drug-likeness (QED) is 0.900. The summed E-state index contributed by atoms with van der Waals surface area (Å²) in [5, 5.41) is 12.9. The van der Waals surface area contributed by atoms with E-state index in [1.807, 2.05) is 13.8 Å². The van der Waals surface area contributed by atoms with E-state index in [1.54, 1.807) is 13.0 Å². The molecular formula is C13H18N2O4. The number of aromatic nitrogens is 1. The molecule has 6 nitrogen and oxygen atoms in total. The van der Waals surface area contributed by atoms with Crippen LogP contribution in [0.3, 0.4) is 0 Å². The molecule has 0 aliphatic carbocycles. The molecule has 0 spiro atoms. The van der Waals surface area contributed by atoms with Crippen molar-refractivity contribution in [2.45, 2.75) is 33.1 Å². The lowest BCUT2D eigenvalue weighted by Crippen LogP contribution is -2.35. The third-order valence-electron chi connectivity index (χ3n) is 3.59. The van der Waals surface area contributed by atoms with Crippen LogP contribution < -0.4 is 0 Å². The molecule has 19 heavy (non-hydrogen) atoms. The number of hydrogen-bond acceptors (Lipinski definition) is 4. The summed E-state index contributed by atoms with van der Waals surface area (Å²) >= 11 is 0. The van der Waals surface area contributed by atoms with Crippen LogP contribution >= 0.6 is 0 Å². The van der Waals surface area contributed by atoms with Crippen LogP contribution in [0.25, 0.3) is 0 Å². The van der Waals surface area contributed by atoms with Gasteiger partial charge in [-0.1, -0.05) is 19.0 Å². The van der Waals surface area contributed by atoms with Gasteiger partial charge in [-0.2, -0.15) is 0 Å². The number of hydrogen-bond donors (Lipinski definition) is 1. The summed E-state index contributed by atoms with van der Waals surface area (Å²) in [6, 6.07) is 1.63. The Morgan fingerprint density at radius 3 is 2.68 bits per heavy atom. The van der Waals surface area contributed by atoms with Gasteiger partial charge in [-0.25, -0.2) is 0 Å². The summed E-state index contributed by atoms with van der Waals surface area (Å²) in [6.07, 6.45) is 0.461. The molecule has 0 aromatic carbocycles. The zero-order chi connectivity index (χ0) is 14.2. The Hall–Kier alpha value is -1.85. The van der Waals surface area contributed by atoms with Gasteiger partial charge in [0.15, 0.2) is 5.69 Å². The van der Waals surface area contributed by atoms with Crippen LogP contribution in [-0.4, -0.2) is 40.1 Å². The minimum absolute atomic E-state index is 0.164. The number of carbonyl (C=O) groups is 2. The molecule has 0 bridgehead atoms. The van der Waals surface area contributed by atoms with E-state index < -0.39 is 11.4 Å². The lowest BCUT2D eigenvalue weighted by molar-refractivity contribution is -0.147. The Morgan fingerprint density at radius 1 is 1.53 bits per heavy atom. The van der Waals surface area contributed by atoms with E-state index in [4.69, 9.17) is 9.63 Å². The van der Waals surface area contributed by atoms with Crippen LogP contribution in [-0.2, 0) is 4.79 Å². The van der Waals surface area contributed by atoms with Crippen molar-refractivity contribution < 1.29 is 19.2 Å². The molecule has 6 heteroatoms. The number of carbonyl (C=O) groups excluding carboxylic acids is 1. The van der Waals surface area contributed by atoms with Gasteiger partial charge in [-0.05, 0) is 13.3 Å². The van der Waals surface area contributed by atoms with Crippen molar-refractivity contribution in [3.8, 4) is 0 Å². The number of carboxylic acid groups (broad SMARTS) is 1. The third-order valence-corrected chi connectivity index (χ3v) is 3.59. The molecule has 1 N–H and O–H groups in total. The minimum Gasteiger partial charge on any atom is -0.481 e. The number of likely N-dealkylation sites (tertiary alicyclic amines) is 1. The molecule has 1 unspecified atom stereocenters. The van der Waals surface area contributed by atoms with E-state index in [2.05, 4.69) is 5.16 Å². The molecule has 2 rings (SSSR count). The van der Waals surface area contributed by atoms with Gasteiger partial charge in [0, 0.05) is 25.1 Å². The SMILES string of the molecule is CC(C)c1cc(C(=O)N2CCC(C)(C(=O)O)C2)no1. The lowest BCUT2D eigenvalue weighted by Gasteiger charge is -2.19. The van der Waals surface area contributed by atoms with E-state index in [-0.39, 0.29) is 24.1 Å². The summed E-state index contributed by atoms with van der Waals surface area (Å²) in [6.45, 7) is 6.21. The van der Waals surface area contributed by atoms with Gasteiger partial charge in [-0.3, -0.25) is 9.59 Å². The van der Waals surface area contributed by atoms with Gasteiger partial charge in [0.1, 0.15) is 5.76 Å². The second-order valence-electron chi connectivity index (χ2n) is 5.61. The number of carboxylic acids is 1. The highest BCUT2D eigenvalue weighted by atomic mass is 16.5. The fourth-order valence-corrected chi connectivity index (χ4v) is 2.13. The van der Waals surface area contributed by atoms with Crippen molar-refractivity contribution in [1.82, 2.24) is 10.1 Å². The largest absolute Gasteiger partial charge is 0.481 e. The number of aliphatic carboxylic acids is 1. The highest BCUT2D eigenvalue weighted by Gasteiger charge is 2.42. The summed E-state index contributed by atoms with van der Waals surface area (Å²) in [5.41, 5.74) is -0.612. The Kier molecular flexibility index (Phi) is 3.34. The van der Waals surface area contributed by atoms with Gasteiger partial charge >= 0.3 is 5.97 Å². The third kappa shape index (κ3) is 2.47. The average Bonchev–Trinajstić information content (AvgIpc) is 2.95. The molecule has 1 aliphatic heterocycles. The molecule has 0 radical (unpaired) electrons. The Morgan fingerprint density at radius 2 is 2.21 bits per heavy atom. The lowest BCUT2D eigenvalue weighted by atomic mass is 9.90. The van der Waals surface area contributed by atoms with Crippen molar-refractivity contribution in [3.63, 3.8) is 0 Å². The molecular weight excluding hydrogens is 248 g/mol. The van der Waals surface area contributed by atoms with Crippen LogP contribution in [0.4, 0.5) is 0 Å². The fourth-order valence-electron chi connectivity index (χ4n) is 2.13. The van der Waals surface area contributed by atoms with Crippen LogP contribution in [0.15, 0.2) is 10.6 Å². The topological polar surface area (TPSA) is 83.6 Å². The summed E-state index contributed by atoms with van der Waals surface area (Å²) in [7, 11) is 0.